The summed E-state index contributed by atoms with van der Waals surface area (Å²) in [5.41, 5.74) is -0.257. The fraction of sp³-hybridized carbons (Fsp3) is 0.438. The lowest BCUT2D eigenvalue weighted by Crippen LogP contribution is -2.66. The van der Waals surface area contributed by atoms with E-state index in [1.165, 1.54) is 12.3 Å². The molecule has 6 nitrogen and oxygen atoms in total. The fourth-order valence-corrected chi connectivity index (χ4v) is 3.16. The van der Waals surface area contributed by atoms with Gasteiger partial charge in [-0.25, -0.2) is 19.3 Å². The molecule has 1 atom stereocenters. The average molecular weight is 316 g/mol. The van der Waals surface area contributed by atoms with Crippen LogP contribution in [-0.4, -0.2) is 46.4 Å². The maximum absolute atomic E-state index is 13.7. The summed E-state index contributed by atoms with van der Waals surface area (Å²) < 4.78 is 25.4. The molecule has 2 aliphatic heterocycles. The number of hydrogen-bond donors (Lipinski definition) is 0. The minimum Gasteiger partial charge on any atom is -0.472 e. The first kappa shape index (κ1) is 14.3. The van der Waals surface area contributed by atoms with Crippen molar-refractivity contribution in [3.63, 3.8) is 0 Å². The topological polar surface area (TPSA) is 60.4 Å². The largest absolute Gasteiger partial charge is 0.472 e. The van der Waals surface area contributed by atoms with Crippen molar-refractivity contribution < 1.29 is 13.9 Å². The predicted octanol–water partition coefficient (Wildman–Crippen LogP) is 1.83. The molecule has 0 radical (unpaired) electrons. The molecule has 0 aromatic carbocycles. The first-order chi connectivity index (χ1) is 11.2. The van der Waals surface area contributed by atoms with Gasteiger partial charge in [-0.15, -0.1) is 0 Å². The summed E-state index contributed by atoms with van der Waals surface area (Å²) >= 11 is 0. The van der Waals surface area contributed by atoms with Crippen molar-refractivity contribution in [2.45, 2.75) is 24.5 Å². The number of halogens is 1. The number of ether oxygens (including phenoxy) is 2. The lowest BCUT2D eigenvalue weighted by molar-refractivity contribution is -0.127. The Morgan fingerprint density at radius 3 is 2.74 bits per heavy atom. The van der Waals surface area contributed by atoms with Crippen LogP contribution in [0.25, 0.3) is 0 Å². The van der Waals surface area contributed by atoms with Crippen molar-refractivity contribution in [2.75, 3.05) is 24.6 Å². The van der Waals surface area contributed by atoms with Gasteiger partial charge in [0.1, 0.15) is 11.7 Å². The summed E-state index contributed by atoms with van der Waals surface area (Å²) in [5.74, 6) is 0.346. The van der Waals surface area contributed by atoms with E-state index in [1.54, 1.807) is 24.5 Å². The minimum absolute atomic E-state index is 0.0668. The molecule has 1 spiro atoms. The van der Waals surface area contributed by atoms with Crippen LogP contribution in [-0.2, 0) is 4.74 Å². The van der Waals surface area contributed by atoms with Gasteiger partial charge < -0.3 is 14.4 Å². The predicted molar refractivity (Wildman–Crippen MR) is 80.8 cm³/mol. The third kappa shape index (κ3) is 2.84. The van der Waals surface area contributed by atoms with Gasteiger partial charge in [-0.1, -0.05) is 0 Å². The maximum atomic E-state index is 13.7. The Labute approximate surface area is 133 Å². The summed E-state index contributed by atoms with van der Waals surface area (Å²) in [4.78, 5) is 14.5. The Kier molecular flexibility index (Phi) is 3.57. The van der Waals surface area contributed by atoms with Gasteiger partial charge >= 0.3 is 0 Å². The molecule has 1 unspecified atom stereocenters. The second kappa shape index (κ2) is 5.73. The summed E-state index contributed by atoms with van der Waals surface area (Å²) in [6.07, 6.45) is 6.35. The van der Waals surface area contributed by atoms with Crippen LogP contribution >= 0.6 is 0 Å². The second-order valence-electron chi connectivity index (χ2n) is 5.96. The SMILES string of the molecule is Fc1cccnc1OC1CCOC2(C1)CN(c1ncccn1)C2. The first-order valence-corrected chi connectivity index (χ1v) is 7.67. The lowest BCUT2D eigenvalue weighted by Gasteiger charge is -2.52. The Hall–Kier alpha value is -2.28. The maximum Gasteiger partial charge on any atom is 0.250 e. The van der Waals surface area contributed by atoms with Crippen molar-refractivity contribution in [1.29, 1.82) is 0 Å². The molecule has 0 amide bonds. The molecule has 23 heavy (non-hydrogen) atoms. The van der Waals surface area contributed by atoms with Gasteiger partial charge in [0.05, 0.1) is 19.7 Å². The van der Waals surface area contributed by atoms with Crippen molar-refractivity contribution in [2.24, 2.45) is 0 Å². The molecule has 2 saturated heterocycles. The Balaban J connectivity index is 1.40. The van der Waals surface area contributed by atoms with Gasteiger partial charge in [-0.05, 0) is 18.2 Å². The van der Waals surface area contributed by atoms with E-state index in [0.717, 1.165) is 19.5 Å². The Bertz CT molecular complexity index is 679. The van der Waals surface area contributed by atoms with Crippen LogP contribution in [0.1, 0.15) is 12.8 Å². The standard InChI is InChI=1S/C16H17FN4O2/c17-13-3-1-5-18-14(13)23-12-4-8-22-16(9-12)10-21(11-16)15-19-6-2-7-20-15/h1-3,5-7,12H,4,8-11H2. The van der Waals surface area contributed by atoms with Crippen molar-refractivity contribution in [3.8, 4) is 5.88 Å². The molecule has 2 fully saturated rings. The molecule has 0 aliphatic carbocycles. The summed E-state index contributed by atoms with van der Waals surface area (Å²) in [5, 5.41) is 0. The number of hydrogen-bond acceptors (Lipinski definition) is 6. The highest BCUT2D eigenvalue weighted by Crippen LogP contribution is 2.37. The third-order valence-corrected chi connectivity index (χ3v) is 4.24. The van der Waals surface area contributed by atoms with Crippen LogP contribution in [0.4, 0.5) is 10.3 Å². The highest BCUT2D eigenvalue weighted by molar-refractivity contribution is 5.37. The molecule has 0 saturated carbocycles. The molecule has 4 rings (SSSR count). The van der Waals surface area contributed by atoms with E-state index >= 15 is 0 Å². The van der Waals surface area contributed by atoms with Crippen molar-refractivity contribution in [1.82, 2.24) is 15.0 Å². The van der Waals surface area contributed by atoms with E-state index in [9.17, 15) is 4.39 Å². The quantitative estimate of drug-likeness (QED) is 0.861. The van der Waals surface area contributed by atoms with Crippen LogP contribution in [0.3, 0.4) is 0 Å². The van der Waals surface area contributed by atoms with Gasteiger partial charge in [-0.2, -0.15) is 0 Å². The lowest BCUT2D eigenvalue weighted by atomic mass is 9.85. The zero-order valence-electron chi connectivity index (χ0n) is 12.6. The molecule has 0 bridgehead atoms. The van der Waals surface area contributed by atoms with Crippen molar-refractivity contribution >= 4 is 5.95 Å². The van der Waals surface area contributed by atoms with Gasteiger partial charge in [0, 0.05) is 31.4 Å². The smallest absolute Gasteiger partial charge is 0.250 e. The van der Waals surface area contributed by atoms with E-state index in [4.69, 9.17) is 9.47 Å². The molecule has 4 heterocycles. The number of rotatable bonds is 3. The summed E-state index contributed by atoms with van der Waals surface area (Å²) in [6, 6.07) is 4.70. The van der Waals surface area contributed by atoms with Gasteiger partial charge in [0.15, 0.2) is 5.82 Å². The third-order valence-electron chi connectivity index (χ3n) is 4.24. The fourth-order valence-electron chi connectivity index (χ4n) is 3.16. The number of pyridine rings is 1. The highest BCUT2D eigenvalue weighted by Gasteiger charge is 2.49. The Morgan fingerprint density at radius 1 is 1.17 bits per heavy atom. The molecule has 120 valence electrons. The molecule has 0 N–H and O–H groups in total. The highest BCUT2D eigenvalue weighted by atomic mass is 19.1. The van der Waals surface area contributed by atoms with Gasteiger partial charge in [0.2, 0.25) is 5.95 Å². The Morgan fingerprint density at radius 2 is 1.96 bits per heavy atom. The molecular weight excluding hydrogens is 299 g/mol. The molecule has 2 aliphatic rings. The second-order valence-corrected chi connectivity index (χ2v) is 5.96. The number of anilines is 1. The average Bonchev–Trinajstić information content (AvgIpc) is 2.56. The summed E-state index contributed by atoms with van der Waals surface area (Å²) in [6.45, 7) is 2.05. The van der Waals surface area contributed by atoms with Crippen LogP contribution in [0.5, 0.6) is 5.88 Å². The molecule has 2 aromatic heterocycles. The monoisotopic (exact) mass is 316 g/mol. The molecule has 7 heteroatoms. The van der Waals surface area contributed by atoms with Crippen LogP contribution in [0, 0.1) is 5.82 Å². The van der Waals surface area contributed by atoms with E-state index in [1.807, 2.05) is 0 Å². The van der Waals surface area contributed by atoms with Crippen molar-refractivity contribution in [3.05, 3.63) is 42.6 Å². The minimum atomic E-state index is -0.430. The molecular formula is C16H17FN4O2. The van der Waals surface area contributed by atoms with Crippen LogP contribution in [0.2, 0.25) is 0 Å². The van der Waals surface area contributed by atoms with E-state index in [2.05, 4.69) is 19.9 Å². The normalized spacial score (nSPS) is 22.7. The van der Waals surface area contributed by atoms with E-state index in [0.29, 0.717) is 19.0 Å². The zero-order valence-corrected chi connectivity index (χ0v) is 12.6. The zero-order chi connectivity index (χ0) is 15.7. The first-order valence-electron chi connectivity index (χ1n) is 7.67. The van der Waals surface area contributed by atoms with E-state index < -0.39 is 5.82 Å². The number of nitrogens with zero attached hydrogens (tertiary/aromatic N) is 4. The van der Waals surface area contributed by atoms with Gasteiger partial charge in [-0.3, -0.25) is 0 Å². The molecule has 2 aromatic rings. The van der Waals surface area contributed by atoms with Gasteiger partial charge in [0.25, 0.3) is 5.88 Å². The van der Waals surface area contributed by atoms with Crippen LogP contribution in [0.15, 0.2) is 36.8 Å². The van der Waals surface area contributed by atoms with E-state index in [-0.39, 0.29) is 17.6 Å². The summed E-state index contributed by atoms with van der Waals surface area (Å²) in [7, 11) is 0. The van der Waals surface area contributed by atoms with Crippen LogP contribution < -0.4 is 9.64 Å². The number of aromatic nitrogens is 3.